The number of aliphatic hydroxyl groups is 1. The molecule has 0 bridgehead atoms. The monoisotopic (exact) mass is 237 g/mol. The largest absolute Gasteiger partial charge is 0.387 e. The van der Waals surface area contributed by atoms with Crippen LogP contribution in [0.2, 0.25) is 5.02 Å². The number of aromatic nitrogens is 3. The molecule has 1 unspecified atom stereocenters. The van der Waals surface area contributed by atoms with Crippen molar-refractivity contribution in [3.05, 3.63) is 41.2 Å². The summed E-state index contributed by atoms with van der Waals surface area (Å²) in [5, 5.41) is 18.1. The van der Waals surface area contributed by atoms with Gasteiger partial charge in [0, 0.05) is 5.02 Å². The number of nitrogens with zero attached hydrogens (tertiary/aromatic N) is 3. The van der Waals surface area contributed by atoms with E-state index < -0.39 is 6.10 Å². The van der Waals surface area contributed by atoms with Crippen molar-refractivity contribution in [2.75, 3.05) is 0 Å². The molecule has 1 aromatic carbocycles. The highest BCUT2D eigenvalue weighted by atomic mass is 35.5. The maximum Gasteiger partial charge on any atom is 0.112 e. The van der Waals surface area contributed by atoms with Crippen LogP contribution in [-0.2, 0) is 0 Å². The minimum absolute atomic E-state index is 0.562. The van der Waals surface area contributed by atoms with Crippen LogP contribution in [0.1, 0.15) is 25.1 Å². The first-order valence-corrected chi connectivity index (χ1v) is 5.44. The molecule has 0 spiro atoms. The Hall–Kier alpha value is -1.39. The minimum atomic E-state index is -0.562. The Morgan fingerprint density at radius 2 is 2.31 bits per heavy atom. The van der Waals surface area contributed by atoms with Crippen molar-refractivity contribution in [1.82, 2.24) is 15.0 Å². The number of benzene rings is 1. The smallest absolute Gasteiger partial charge is 0.112 e. The highest BCUT2D eigenvalue weighted by Crippen LogP contribution is 2.17. The molecule has 0 fully saturated rings. The van der Waals surface area contributed by atoms with Gasteiger partial charge in [0.1, 0.15) is 5.69 Å². The number of aliphatic hydroxyl groups excluding tert-OH is 1. The summed E-state index contributed by atoms with van der Waals surface area (Å²) < 4.78 is 1.60. The van der Waals surface area contributed by atoms with Crippen LogP contribution < -0.4 is 0 Å². The fourth-order valence-electron chi connectivity index (χ4n) is 1.38. The molecule has 2 rings (SSSR count). The molecule has 16 heavy (non-hydrogen) atoms. The number of rotatable bonds is 3. The maximum atomic E-state index is 9.60. The maximum absolute atomic E-state index is 9.60. The summed E-state index contributed by atoms with van der Waals surface area (Å²) in [4.78, 5) is 0. The Bertz CT molecular complexity index is 484. The molecule has 5 heteroatoms. The molecular formula is C11H12ClN3O. The highest BCUT2D eigenvalue weighted by Gasteiger charge is 2.10. The molecule has 0 aliphatic heterocycles. The van der Waals surface area contributed by atoms with Gasteiger partial charge < -0.3 is 5.11 Å². The fraction of sp³-hybridized carbons (Fsp3) is 0.273. The number of halogens is 1. The lowest BCUT2D eigenvalue weighted by Crippen LogP contribution is -1.95. The predicted molar refractivity (Wildman–Crippen MR) is 61.6 cm³/mol. The molecular weight excluding hydrogens is 226 g/mol. The van der Waals surface area contributed by atoms with Crippen LogP contribution in [0.15, 0.2) is 30.5 Å². The van der Waals surface area contributed by atoms with Gasteiger partial charge in [-0.05, 0) is 24.6 Å². The molecule has 1 heterocycles. The molecule has 1 N–H and O–H groups in total. The van der Waals surface area contributed by atoms with Crippen LogP contribution in [0.5, 0.6) is 0 Å². The lowest BCUT2D eigenvalue weighted by molar-refractivity contribution is 0.169. The van der Waals surface area contributed by atoms with Gasteiger partial charge in [-0.15, -0.1) is 5.10 Å². The normalized spacial score (nSPS) is 12.7. The summed E-state index contributed by atoms with van der Waals surface area (Å²) in [5.41, 5.74) is 1.40. The lowest BCUT2D eigenvalue weighted by Gasteiger charge is -2.01. The standard InChI is InChI=1S/C11H12ClN3O/c1-2-11(16)10-7-15(14-13-10)9-5-3-4-8(12)6-9/h3-7,11,16H,2H2,1H3. The summed E-state index contributed by atoms with van der Waals surface area (Å²) in [5.74, 6) is 0. The van der Waals surface area contributed by atoms with Crippen molar-refractivity contribution >= 4 is 11.6 Å². The van der Waals surface area contributed by atoms with E-state index in [4.69, 9.17) is 11.6 Å². The molecule has 0 radical (unpaired) electrons. The van der Waals surface area contributed by atoms with Gasteiger partial charge in [-0.25, -0.2) is 4.68 Å². The summed E-state index contributed by atoms with van der Waals surface area (Å²) in [6.07, 6.45) is 1.77. The molecule has 0 saturated carbocycles. The van der Waals surface area contributed by atoms with Gasteiger partial charge in [0.05, 0.1) is 18.0 Å². The molecule has 0 aliphatic rings. The molecule has 0 amide bonds. The summed E-state index contributed by atoms with van der Waals surface area (Å²) in [7, 11) is 0. The molecule has 1 aromatic heterocycles. The average molecular weight is 238 g/mol. The second-order valence-corrected chi connectivity index (χ2v) is 3.93. The first-order chi connectivity index (χ1) is 7.70. The second kappa shape index (κ2) is 4.63. The van der Waals surface area contributed by atoms with Crippen molar-refractivity contribution < 1.29 is 5.11 Å². The van der Waals surface area contributed by atoms with E-state index in [9.17, 15) is 5.11 Å². The molecule has 84 valence electrons. The summed E-state index contributed by atoms with van der Waals surface area (Å²) in [6, 6.07) is 7.31. The molecule has 2 aromatic rings. The van der Waals surface area contributed by atoms with Gasteiger partial charge >= 0.3 is 0 Å². The Labute approximate surface area is 98.5 Å². The van der Waals surface area contributed by atoms with Gasteiger partial charge in [0.15, 0.2) is 0 Å². The quantitative estimate of drug-likeness (QED) is 0.892. The van der Waals surface area contributed by atoms with Crippen molar-refractivity contribution in [3.63, 3.8) is 0 Å². The van der Waals surface area contributed by atoms with Crippen molar-refractivity contribution in [2.24, 2.45) is 0 Å². The van der Waals surface area contributed by atoms with Gasteiger partial charge in [-0.3, -0.25) is 0 Å². The third kappa shape index (κ3) is 2.23. The second-order valence-electron chi connectivity index (χ2n) is 3.49. The van der Waals surface area contributed by atoms with E-state index in [-0.39, 0.29) is 0 Å². The number of hydrogen-bond acceptors (Lipinski definition) is 3. The van der Waals surface area contributed by atoms with E-state index in [1.165, 1.54) is 0 Å². The third-order valence-corrected chi connectivity index (χ3v) is 2.55. The van der Waals surface area contributed by atoms with E-state index in [2.05, 4.69) is 10.3 Å². The zero-order valence-corrected chi connectivity index (χ0v) is 9.59. The Morgan fingerprint density at radius 3 is 3.00 bits per heavy atom. The SMILES string of the molecule is CCC(O)c1cn(-c2cccc(Cl)c2)nn1. The van der Waals surface area contributed by atoms with E-state index in [1.54, 1.807) is 23.0 Å². The molecule has 0 saturated heterocycles. The van der Waals surface area contributed by atoms with Gasteiger partial charge in [0.25, 0.3) is 0 Å². The van der Waals surface area contributed by atoms with Gasteiger partial charge in [-0.1, -0.05) is 29.8 Å². The van der Waals surface area contributed by atoms with Crippen molar-refractivity contribution in [1.29, 1.82) is 0 Å². The summed E-state index contributed by atoms with van der Waals surface area (Å²) >= 11 is 5.88. The van der Waals surface area contributed by atoms with Crippen LogP contribution >= 0.6 is 11.6 Å². The lowest BCUT2D eigenvalue weighted by atomic mass is 10.2. The van der Waals surface area contributed by atoms with Crippen LogP contribution in [-0.4, -0.2) is 20.1 Å². The van der Waals surface area contributed by atoms with E-state index in [0.29, 0.717) is 17.1 Å². The van der Waals surface area contributed by atoms with Crippen LogP contribution in [0.3, 0.4) is 0 Å². The highest BCUT2D eigenvalue weighted by molar-refractivity contribution is 6.30. The predicted octanol–water partition coefficient (Wildman–Crippen LogP) is 2.36. The first-order valence-electron chi connectivity index (χ1n) is 5.07. The molecule has 0 aliphatic carbocycles. The molecule has 1 atom stereocenters. The Morgan fingerprint density at radius 1 is 1.50 bits per heavy atom. The van der Waals surface area contributed by atoms with Crippen molar-refractivity contribution in [3.8, 4) is 5.69 Å². The average Bonchev–Trinajstić information content (AvgIpc) is 2.77. The summed E-state index contributed by atoms with van der Waals surface area (Å²) in [6.45, 7) is 1.89. The minimum Gasteiger partial charge on any atom is -0.387 e. The molecule has 4 nitrogen and oxygen atoms in total. The Kier molecular flexibility index (Phi) is 3.22. The van der Waals surface area contributed by atoms with Gasteiger partial charge in [-0.2, -0.15) is 0 Å². The van der Waals surface area contributed by atoms with E-state index in [1.807, 2.05) is 19.1 Å². The third-order valence-electron chi connectivity index (χ3n) is 2.31. The topological polar surface area (TPSA) is 50.9 Å². The van der Waals surface area contributed by atoms with Crippen molar-refractivity contribution in [2.45, 2.75) is 19.4 Å². The van der Waals surface area contributed by atoms with Gasteiger partial charge in [0.2, 0.25) is 0 Å². The zero-order valence-electron chi connectivity index (χ0n) is 8.84. The van der Waals surface area contributed by atoms with Crippen LogP contribution in [0.25, 0.3) is 5.69 Å². The first kappa shape index (κ1) is 11.1. The number of hydrogen-bond donors (Lipinski definition) is 1. The Balaban J connectivity index is 2.31. The van der Waals surface area contributed by atoms with E-state index >= 15 is 0 Å². The zero-order chi connectivity index (χ0) is 11.5. The van der Waals surface area contributed by atoms with Crippen LogP contribution in [0, 0.1) is 0 Å². The van der Waals surface area contributed by atoms with Crippen LogP contribution in [0.4, 0.5) is 0 Å². The fourth-order valence-corrected chi connectivity index (χ4v) is 1.57. The van der Waals surface area contributed by atoms with E-state index in [0.717, 1.165) is 5.69 Å².